The smallest absolute Gasteiger partial charge is 0.0541 e. The zero-order valence-electron chi connectivity index (χ0n) is 14.2. The molecule has 0 spiro atoms. The molecule has 2 nitrogen and oxygen atoms in total. The van der Waals surface area contributed by atoms with Crippen LogP contribution in [0.4, 0.5) is 0 Å². The first-order valence-electron chi connectivity index (χ1n) is 8.95. The van der Waals surface area contributed by atoms with Crippen LogP contribution in [0.15, 0.2) is 85.2 Å². The molecule has 0 aliphatic heterocycles. The zero-order valence-corrected chi connectivity index (χ0v) is 14.2. The predicted molar refractivity (Wildman–Crippen MR) is 107 cm³/mol. The summed E-state index contributed by atoms with van der Waals surface area (Å²) < 4.78 is 2.37. The van der Waals surface area contributed by atoms with Crippen LogP contribution in [0.3, 0.4) is 0 Å². The van der Waals surface area contributed by atoms with Crippen molar-refractivity contribution in [2.24, 2.45) is 0 Å². The lowest BCUT2D eigenvalue weighted by molar-refractivity contribution is 1.17. The molecule has 0 fully saturated rings. The minimum atomic E-state index is 1.00. The van der Waals surface area contributed by atoms with Crippen molar-refractivity contribution < 1.29 is 0 Å². The van der Waals surface area contributed by atoms with Gasteiger partial charge < -0.3 is 4.57 Å². The zero-order chi connectivity index (χ0) is 17.1. The van der Waals surface area contributed by atoms with E-state index in [9.17, 15) is 0 Å². The summed E-state index contributed by atoms with van der Waals surface area (Å²) in [6.07, 6.45) is 4.88. The highest BCUT2D eigenvalue weighted by molar-refractivity contribution is 6.09. The molecule has 0 atom stereocenters. The van der Waals surface area contributed by atoms with E-state index in [0.717, 1.165) is 6.42 Å². The Morgan fingerprint density at radius 1 is 0.692 bits per heavy atom. The van der Waals surface area contributed by atoms with Crippen LogP contribution in [0.1, 0.15) is 11.1 Å². The molecular weight excluding hydrogens is 316 g/mol. The van der Waals surface area contributed by atoms with Crippen LogP contribution in [0.5, 0.6) is 0 Å². The Morgan fingerprint density at radius 2 is 1.38 bits per heavy atom. The highest BCUT2D eigenvalue weighted by Crippen LogP contribution is 2.39. The van der Waals surface area contributed by atoms with E-state index in [0.29, 0.717) is 0 Å². The van der Waals surface area contributed by atoms with E-state index >= 15 is 0 Å². The standard InChI is InChI=1S/C24H16N2/c1-3-7-23-19(5-1)20-6-2-4-8-24(20)26(23)18-10-9-16-13-17-11-12-25-15-22(17)21(16)14-18/h1-12,14-15H,13H2. The van der Waals surface area contributed by atoms with Crippen molar-refractivity contribution in [2.45, 2.75) is 6.42 Å². The molecule has 0 saturated carbocycles. The Bertz CT molecular complexity index is 1260. The summed E-state index contributed by atoms with van der Waals surface area (Å²) >= 11 is 0. The van der Waals surface area contributed by atoms with Crippen LogP contribution < -0.4 is 0 Å². The molecule has 3 aromatic carbocycles. The lowest BCUT2D eigenvalue weighted by Gasteiger charge is -2.10. The Hall–Kier alpha value is -3.39. The molecule has 0 amide bonds. The fourth-order valence-electron chi connectivity index (χ4n) is 4.33. The average molecular weight is 332 g/mol. The van der Waals surface area contributed by atoms with Crippen molar-refractivity contribution in [3.05, 3.63) is 96.3 Å². The second kappa shape index (κ2) is 5.06. The molecule has 0 radical (unpaired) electrons. The fourth-order valence-corrected chi connectivity index (χ4v) is 4.33. The summed E-state index contributed by atoms with van der Waals surface area (Å²) in [7, 11) is 0. The summed E-state index contributed by atoms with van der Waals surface area (Å²) in [5.41, 5.74) is 9.04. The summed E-state index contributed by atoms with van der Waals surface area (Å²) in [5.74, 6) is 0. The van der Waals surface area contributed by atoms with Gasteiger partial charge in [0.25, 0.3) is 0 Å². The highest BCUT2D eigenvalue weighted by Gasteiger charge is 2.20. The van der Waals surface area contributed by atoms with Gasteiger partial charge >= 0.3 is 0 Å². The Kier molecular flexibility index (Phi) is 2.69. The van der Waals surface area contributed by atoms with Gasteiger partial charge in [-0.15, -0.1) is 0 Å². The minimum Gasteiger partial charge on any atom is -0.309 e. The first kappa shape index (κ1) is 13.9. The molecule has 0 N–H and O–H groups in total. The summed E-state index contributed by atoms with van der Waals surface area (Å²) in [6, 6.07) is 26.3. The monoisotopic (exact) mass is 332 g/mol. The molecule has 2 heteroatoms. The number of benzene rings is 3. The van der Waals surface area contributed by atoms with Crippen molar-refractivity contribution in [1.82, 2.24) is 9.55 Å². The predicted octanol–water partition coefficient (Wildman–Crippen LogP) is 5.75. The molecular formula is C24H16N2. The molecule has 0 bridgehead atoms. The molecule has 26 heavy (non-hydrogen) atoms. The van der Waals surface area contributed by atoms with E-state index in [2.05, 4.69) is 82.3 Å². The number of aromatic nitrogens is 2. The van der Waals surface area contributed by atoms with E-state index in [4.69, 9.17) is 0 Å². The molecule has 5 aromatic rings. The molecule has 122 valence electrons. The lowest BCUT2D eigenvalue weighted by Crippen LogP contribution is -1.94. The maximum absolute atomic E-state index is 4.34. The Morgan fingerprint density at radius 3 is 2.15 bits per heavy atom. The van der Waals surface area contributed by atoms with Gasteiger partial charge in [0.1, 0.15) is 0 Å². The van der Waals surface area contributed by atoms with E-state index in [-0.39, 0.29) is 0 Å². The fraction of sp³-hybridized carbons (Fsp3) is 0.0417. The lowest BCUT2D eigenvalue weighted by atomic mass is 10.1. The largest absolute Gasteiger partial charge is 0.309 e. The van der Waals surface area contributed by atoms with Crippen LogP contribution in [-0.2, 0) is 6.42 Å². The van der Waals surface area contributed by atoms with Crippen molar-refractivity contribution in [2.75, 3.05) is 0 Å². The molecule has 2 aromatic heterocycles. The highest BCUT2D eigenvalue weighted by atomic mass is 15.0. The SMILES string of the molecule is c1ccc2c(c1)c1ccccc1n2-c1ccc2c(c1)-c1cnccc1C2. The number of rotatable bonds is 1. The van der Waals surface area contributed by atoms with E-state index < -0.39 is 0 Å². The maximum atomic E-state index is 4.34. The van der Waals surface area contributed by atoms with E-state index in [1.165, 1.54) is 49.7 Å². The van der Waals surface area contributed by atoms with Gasteiger partial charge in [-0.05, 0) is 53.4 Å². The normalized spacial score (nSPS) is 12.5. The van der Waals surface area contributed by atoms with Crippen LogP contribution >= 0.6 is 0 Å². The number of fused-ring (bicyclic) bond motifs is 6. The number of nitrogens with zero attached hydrogens (tertiary/aromatic N) is 2. The van der Waals surface area contributed by atoms with Crippen molar-refractivity contribution in [1.29, 1.82) is 0 Å². The third-order valence-electron chi connectivity index (χ3n) is 5.51. The molecule has 1 aliphatic carbocycles. The van der Waals surface area contributed by atoms with Gasteiger partial charge in [0.2, 0.25) is 0 Å². The van der Waals surface area contributed by atoms with Crippen molar-refractivity contribution in [3.8, 4) is 16.8 Å². The quantitative estimate of drug-likeness (QED) is 0.375. The Balaban J connectivity index is 1.68. The van der Waals surface area contributed by atoms with Gasteiger partial charge in [-0.25, -0.2) is 0 Å². The maximum Gasteiger partial charge on any atom is 0.0541 e. The molecule has 2 heterocycles. The third-order valence-corrected chi connectivity index (χ3v) is 5.51. The van der Waals surface area contributed by atoms with Crippen LogP contribution in [0.25, 0.3) is 38.6 Å². The number of pyridine rings is 1. The van der Waals surface area contributed by atoms with Crippen molar-refractivity contribution in [3.63, 3.8) is 0 Å². The minimum absolute atomic E-state index is 1.00. The second-order valence-corrected chi connectivity index (χ2v) is 6.92. The average Bonchev–Trinajstić information content (AvgIpc) is 3.23. The molecule has 1 aliphatic rings. The van der Waals surface area contributed by atoms with Crippen LogP contribution in [0, 0.1) is 0 Å². The third kappa shape index (κ3) is 1.79. The molecule has 0 unspecified atom stereocenters. The summed E-state index contributed by atoms with van der Waals surface area (Å²) in [5, 5.41) is 2.59. The first-order chi connectivity index (χ1) is 12.9. The van der Waals surface area contributed by atoms with Crippen LogP contribution in [-0.4, -0.2) is 9.55 Å². The van der Waals surface area contributed by atoms with E-state index in [1.54, 1.807) is 0 Å². The van der Waals surface area contributed by atoms with Crippen LogP contribution in [0.2, 0.25) is 0 Å². The molecule has 0 saturated heterocycles. The van der Waals surface area contributed by atoms with Gasteiger partial charge in [-0.3, -0.25) is 4.98 Å². The number of hydrogen-bond acceptors (Lipinski definition) is 1. The van der Waals surface area contributed by atoms with Gasteiger partial charge in [0.05, 0.1) is 11.0 Å². The Labute approximate surface area is 151 Å². The first-order valence-corrected chi connectivity index (χ1v) is 8.95. The van der Waals surface area contributed by atoms with Gasteiger partial charge in [0, 0.05) is 34.4 Å². The topological polar surface area (TPSA) is 17.8 Å². The van der Waals surface area contributed by atoms with Gasteiger partial charge in [-0.2, -0.15) is 0 Å². The van der Waals surface area contributed by atoms with E-state index in [1.807, 2.05) is 12.4 Å². The summed E-state index contributed by atoms with van der Waals surface area (Å²) in [4.78, 5) is 4.34. The van der Waals surface area contributed by atoms with Gasteiger partial charge in [-0.1, -0.05) is 42.5 Å². The molecule has 6 rings (SSSR count). The number of hydrogen-bond donors (Lipinski definition) is 0. The summed E-state index contributed by atoms with van der Waals surface area (Å²) in [6.45, 7) is 0. The number of para-hydroxylation sites is 2. The van der Waals surface area contributed by atoms with Crippen molar-refractivity contribution >= 4 is 21.8 Å². The second-order valence-electron chi connectivity index (χ2n) is 6.92. The van der Waals surface area contributed by atoms with Gasteiger partial charge in [0.15, 0.2) is 0 Å².